The van der Waals surface area contributed by atoms with Crippen molar-refractivity contribution in [1.29, 1.82) is 0 Å². The Hall–Kier alpha value is -1.16. The predicted molar refractivity (Wildman–Crippen MR) is 104 cm³/mol. The Morgan fingerprint density at radius 3 is 2.30 bits per heavy atom. The molecule has 0 aromatic rings. The van der Waals surface area contributed by atoms with Crippen molar-refractivity contribution in [3.63, 3.8) is 0 Å². The number of urea groups is 1. The van der Waals surface area contributed by atoms with Crippen LogP contribution in [0.2, 0.25) is 16.6 Å². The number of hydroxylamine groups is 3. The summed E-state index contributed by atoms with van der Waals surface area (Å²) in [5.41, 5.74) is 3.92. The topological polar surface area (TPSA) is 91.3 Å². The molecule has 2 aliphatic rings. The Morgan fingerprint density at radius 2 is 1.74 bits per heavy atom. The molecule has 0 aromatic carbocycles. The number of hydrogen-bond donors (Lipinski definition) is 2. The van der Waals surface area contributed by atoms with Crippen LogP contribution in [-0.4, -0.2) is 67.3 Å². The molecule has 0 unspecified atom stereocenters. The molecule has 9 heteroatoms. The molecule has 2 N–H and O–H groups in total. The monoisotopic (exact) mass is 401 g/mol. The van der Waals surface area contributed by atoms with E-state index in [0.29, 0.717) is 42.6 Å². The van der Waals surface area contributed by atoms with Crippen molar-refractivity contribution >= 4 is 20.3 Å². The Kier molecular flexibility index (Phi) is 7.29. The second kappa shape index (κ2) is 8.89. The van der Waals surface area contributed by atoms with E-state index in [9.17, 15) is 14.8 Å². The summed E-state index contributed by atoms with van der Waals surface area (Å²) in [5, 5.41) is 10.4. The molecule has 8 nitrogen and oxygen atoms in total. The van der Waals surface area contributed by atoms with E-state index >= 15 is 0 Å². The average molecular weight is 402 g/mol. The molecule has 2 aliphatic heterocycles. The van der Waals surface area contributed by atoms with Crippen molar-refractivity contribution in [1.82, 2.24) is 15.4 Å². The molecule has 2 fully saturated rings. The lowest BCUT2D eigenvalue weighted by Crippen LogP contribution is -2.50. The van der Waals surface area contributed by atoms with Crippen LogP contribution in [0, 0.1) is 0 Å². The van der Waals surface area contributed by atoms with Crippen molar-refractivity contribution in [2.75, 3.05) is 19.8 Å². The highest BCUT2D eigenvalue weighted by molar-refractivity contribution is 6.77. The minimum absolute atomic E-state index is 0.211. The molecule has 156 valence electrons. The molecule has 2 saturated heterocycles. The SMILES string of the molecule is CC(C)[Si](OCCONC(=O)[C@@H]1CC[C@@H]2CN1C(=O)N2O)(C(C)C)C(C)C. The van der Waals surface area contributed by atoms with Gasteiger partial charge in [-0.15, -0.1) is 0 Å². The third-order valence-electron chi connectivity index (χ3n) is 6.06. The number of carbonyl (C=O) groups excluding carboxylic acids is 2. The van der Waals surface area contributed by atoms with E-state index in [0.717, 1.165) is 5.06 Å². The Bertz CT molecular complexity index is 521. The van der Waals surface area contributed by atoms with E-state index in [1.165, 1.54) is 4.90 Å². The standard InChI is InChI=1S/C18H35N3O5Si/c1-12(2)27(13(3)4,14(5)6)26-10-9-25-19-17(22)16-8-7-15-11-20(16)18(23)21(15)24/h12-16,24H,7-11H2,1-6H3,(H,19,22)/t15-,16+/m1/s1. The molecule has 2 rings (SSSR count). The molecule has 2 heterocycles. The van der Waals surface area contributed by atoms with Crippen molar-refractivity contribution in [2.45, 2.75) is 83.1 Å². The van der Waals surface area contributed by atoms with Crippen LogP contribution >= 0.6 is 0 Å². The minimum atomic E-state index is -1.94. The molecule has 0 aromatic heterocycles. The molecule has 3 amide bonds. The maximum absolute atomic E-state index is 12.4. The number of amides is 3. The lowest BCUT2D eigenvalue weighted by molar-refractivity contribution is -0.139. The van der Waals surface area contributed by atoms with Gasteiger partial charge >= 0.3 is 6.03 Å². The van der Waals surface area contributed by atoms with Crippen LogP contribution in [0.5, 0.6) is 0 Å². The van der Waals surface area contributed by atoms with Gasteiger partial charge in [-0.25, -0.2) is 15.3 Å². The van der Waals surface area contributed by atoms with Crippen LogP contribution in [0.1, 0.15) is 54.4 Å². The number of nitrogens with one attached hydrogen (secondary N) is 1. The predicted octanol–water partition coefficient (Wildman–Crippen LogP) is 2.88. The molecule has 2 atom stereocenters. The van der Waals surface area contributed by atoms with E-state index < -0.39 is 20.4 Å². The van der Waals surface area contributed by atoms with Gasteiger partial charge in [0.25, 0.3) is 5.91 Å². The second-order valence-corrected chi connectivity index (χ2v) is 14.0. The zero-order valence-corrected chi connectivity index (χ0v) is 18.4. The number of nitrogens with zero attached hydrogens (tertiary/aromatic N) is 2. The van der Waals surface area contributed by atoms with Crippen molar-refractivity contribution in [3.8, 4) is 0 Å². The first kappa shape index (κ1) is 22.1. The van der Waals surface area contributed by atoms with E-state index in [1.54, 1.807) is 0 Å². The highest BCUT2D eigenvalue weighted by Gasteiger charge is 2.47. The number of hydrogen-bond acceptors (Lipinski definition) is 5. The first-order chi connectivity index (χ1) is 12.6. The molecule has 27 heavy (non-hydrogen) atoms. The van der Waals surface area contributed by atoms with E-state index in [-0.39, 0.29) is 18.6 Å². The van der Waals surface area contributed by atoms with E-state index in [2.05, 4.69) is 47.0 Å². The summed E-state index contributed by atoms with van der Waals surface area (Å²) in [5.74, 6) is -0.350. The minimum Gasteiger partial charge on any atom is -0.414 e. The maximum atomic E-state index is 12.4. The first-order valence-electron chi connectivity index (χ1n) is 9.97. The zero-order valence-electron chi connectivity index (χ0n) is 17.4. The van der Waals surface area contributed by atoms with Crippen LogP contribution in [0.3, 0.4) is 0 Å². The molecular formula is C18H35N3O5Si. The average Bonchev–Trinajstić information content (AvgIpc) is 2.81. The van der Waals surface area contributed by atoms with Gasteiger partial charge < -0.3 is 9.33 Å². The van der Waals surface area contributed by atoms with Gasteiger partial charge in [-0.05, 0) is 29.5 Å². The number of fused-ring (bicyclic) bond motifs is 2. The summed E-state index contributed by atoms with van der Waals surface area (Å²) in [6.45, 7) is 14.4. The maximum Gasteiger partial charge on any atom is 0.344 e. The lowest BCUT2D eigenvalue weighted by Gasteiger charge is -2.42. The van der Waals surface area contributed by atoms with Crippen molar-refractivity contribution in [2.24, 2.45) is 0 Å². The van der Waals surface area contributed by atoms with E-state index in [4.69, 9.17) is 9.26 Å². The van der Waals surface area contributed by atoms with Gasteiger partial charge in [-0.1, -0.05) is 41.5 Å². The molecular weight excluding hydrogens is 366 g/mol. The number of piperidine rings is 1. The van der Waals surface area contributed by atoms with Gasteiger partial charge in [0, 0.05) is 6.54 Å². The van der Waals surface area contributed by atoms with Crippen LogP contribution in [-0.2, 0) is 14.1 Å². The highest BCUT2D eigenvalue weighted by atomic mass is 28.4. The lowest BCUT2D eigenvalue weighted by atomic mass is 10.0. The summed E-state index contributed by atoms with van der Waals surface area (Å²) in [7, 11) is -1.94. The van der Waals surface area contributed by atoms with Crippen LogP contribution < -0.4 is 5.48 Å². The van der Waals surface area contributed by atoms with Crippen molar-refractivity contribution < 1.29 is 24.1 Å². The van der Waals surface area contributed by atoms with E-state index in [1.807, 2.05) is 0 Å². The van der Waals surface area contributed by atoms with Crippen LogP contribution in [0.15, 0.2) is 0 Å². The molecule has 0 radical (unpaired) electrons. The van der Waals surface area contributed by atoms with Gasteiger partial charge in [0.05, 0.1) is 19.3 Å². The summed E-state index contributed by atoms with van der Waals surface area (Å²) in [6, 6.07) is -1.32. The molecule has 0 spiro atoms. The second-order valence-electron chi connectivity index (χ2n) is 8.51. The fourth-order valence-corrected chi connectivity index (χ4v) is 10.3. The summed E-state index contributed by atoms with van der Waals surface area (Å²) >= 11 is 0. The Labute approximate surface area is 163 Å². The fraction of sp³-hybridized carbons (Fsp3) is 0.889. The summed E-state index contributed by atoms with van der Waals surface area (Å²) in [6.07, 6.45) is 1.12. The molecule has 0 saturated carbocycles. The quantitative estimate of drug-likeness (QED) is 0.268. The smallest absolute Gasteiger partial charge is 0.344 e. The van der Waals surface area contributed by atoms with Gasteiger partial charge in [0.1, 0.15) is 6.04 Å². The Morgan fingerprint density at radius 1 is 1.15 bits per heavy atom. The van der Waals surface area contributed by atoms with Gasteiger partial charge in [-0.2, -0.15) is 0 Å². The summed E-state index contributed by atoms with van der Waals surface area (Å²) < 4.78 is 6.38. The number of carbonyl (C=O) groups is 2. The first-order valence-corrected chi connectivity index (χ1v) is 12.1. The van der Waals surface area contributed by atoms with Crippen LogP contribution in [0.4, 0.5) is 4.79 Å². The normalized spacial score (nSPS) is 23.1. The fourth-order valence-electron chi connectivity index (χ4n) is 4.87. The number of rotatable bonds is 9. The van der Waals surface area contributed by atoms with Crippen LogP contribution in [0.25, 0.3) is 0 Å². The zero-order chi connectivity index (χ0) is 20.4. The highest BCUT2D eigenvalue weighted by Crippen LogP contribution is 2.42. The third kappa shape index (κ3) is 4.31. The third-order valence-corrected chi connectivity index (χ3v) is 12.2. The van der Waals surface area contributed by atoms with Gasteiger partial charge in [0.2, 0.25) is 0 Å². The van der Waals surface area contributed by atoms with Crippen molar-refractivity contribution in [3.05, 3.63) is 0 Å². The largest absolute Gasteiger partial charge is 0.414 e. The summed E-state index contributed by atoms with van der Waals surface area (Å²) in [4.78, 5) is 31.0. The van der Waals surface area contributed by atoms with Gasteiger partial charge in [0.15, 0.2) is 8.32 Å². The van der Waals surface area contributed by atoms with Gasteiger partial charge in [-0.3, -0.25) is 14.8 Å². The Balaban J connectivity index is 1.79. The molecule has 2 bridgehead atoms. The molecule has 0 aliphatic carbocycles.